The van der Waals surface area contributed by atoms with Gasteiger partial charge in [-0.3, -0.25) is 4.99 Å². The lowest BCUT2D eigenvalue weighted by molar-refractivity contribution is 0.134. The summed E-state index contributed by atoms with van der Waals surface area (Å²) in [5.74, 6) is 3.37. The summed E-state index contributed by atoms with van der Waals surface area (Å²) in [6.07, 6.45) is 1.69. The van der Waals surface area contributed by atoms with Crippen molar-refractivity contribution in [2.75, 3.05) is 19.5 Å². The van der Waals surface area contributed by atoms with Crippen LogP contribution in [0.3, 0.4) is 0 Å². The third-order valence-corrected chi connectivity index (χ3v) is 5.25. The van der Waals surface area contributed by atoms with Crippen molar-refractivity contribution < 1.29 is 14.2 Å². The highest BCUT2D eigenvalue weighted by molar-refractivity contribution is 6.11. The SMILES string of the molecule is COc1ccc(NC2=NC(C)(C)Cc3cc(OC)c4c(c32)CC(C)(C)O4)cc1. The third kappa shape index (κ3) is 3.30. The first-order chi connectivity index (χ1) is 13.2. The third-order valence-electron chi connectivity index (χ3n) is 5.25. The summed E-state index contributed by atoms with van der Waals surface area (Å²) in [7, 11) is 3.38. The van der Waals surface area contributed by atoms with E-state index in [1.807, 2.05) is 24.3 Å². The Kier molecular flexibility index (Phi) is 4.29. The first-order valence-corrected chi connectivity index (χ1v) is 9.64. The number of nitrogens with one attached hydrogen (secondary N) is 1. The second-order valence-corrected chi connectivity index (χ2v) is 8.76. The average Bonchev–Trinajstić information content (AvgIpc) is 2.95. The van der Waals surface area contributed by atoms with Gasteiger partial charge in [0.15, 0.2) is 11.5 Å². The maximum Gasteiger partial charge on any atom is 0.166 e. The fourth-order valence-corrected chi connectivity index (χ4v) is 4.12. The number of benzene rings is 2. The van der Waals surface area contributed by atoms with Gasteiger partial charge in [0.1, 0.15) is 17.2 Å². The van der Waals surface area contributed by atoms with Gasteiger partial charge in [0.2, 0.25) is 0 Å². The minimum Gasteiger partial charge on any atom is -0.497 e. The van der Waals surface area contributed by atoms with Crippen molar-refractivity contribution in [3.8, 4) is 17.2 Å². The van der Waals surface area contributed by atoms with E-state index in [0.717, 1.165) is 47.2 Å². The second kappa shape index (κ2) is 6.43. The number of nitrogens with zero attached hydrogens (tertiary/aromatic N) is 1. The van der Waals surface area contributed by atoms with Gasteiger partial charge in [0, 0.05) is 23.2 Å². The number of hydrogen-bond acceptors (Lipinski definition) is 5. The number of anilines is 1. The van der Waals surface area contributed by atoms with Crippen molar-refractivity contribution in [2.24, 2.45) is 4.99 Å². The molecule has 0 saturated carbocycles. The zero-order valence-electron chi connectivity index (χ0n) is 17.5. The van der Waals surface area contributed by atoms with Crippen LogP contribution in [0.25, 0.3) is 0 Å². The Bertz CT molecular complexity index is 943. The molecule has 2 heterocycles. The quantitative estimate of drug-likeness (QED) is 0.845. The first kappa shape index (κ1) is 18.7. The van der Waals surface area contributed by atoms with Crippen LogP contribution in [0.2, 0.25) is 0 Å². The molecule has 2 aliphatic rings. The number of rotatable bonds is 3. The maximum absolute atomic E-state index is 6.24. The topological polar surface area (TPSA) is 52.1 Å². The van der Waals surface area contributed by atoms with Crippen LogP contribution in [0, 0.1) is 0 Å². The molecule has 0 spiro atoms. The van der Waals surface area contributed by atoms with Crippen molar-refractivity contribution >= 4 is 11.5 Å². The van der Waals surface area contributed by atoms with Gasteiger partial charge in [-0.15, -0.1) is 0 Å². The molecule has 0 saturated heterocycles. The van der Waals surface area contributed by atoms with Gasteiger partial charge in [-0.25, -0.2) is 0 Å². The van der Waals surface area contributed by atoms with E-state index in [2.05, 4.69) is 39.1 Å². The monoisotopic (exact) mass is 380 g/mol. The molecule has 2 aromatic rings. The summed E-state index contributed by atoms with van der Waals surface area (Å²) in [5.41, 5.74) is 4.09. The zero-order chi connectivity index (χ0) is 20.1. The van der Waals surface area contributed by atoms with Crippen LogP contribution < -0.4 is 19.5 Å². The van der Waals surface area contributed by atoms with E-state index in [1.165, 1.54) is 11.1 Å². The highest BCUT2D eigenvalue weighted by atomic mass is 16.5. The summed E-state index contributed by atoms with van der Waals surface area (Å²) < 4.78 is 17.2. The zero-order valence-corrected chi connectivity index (χ0v) is 17.5. The molecule has 2 aliphatic heterocycles. The molecule has 0 unspecified atom stereocenters. The molecule has 28 heavy (non-hydrogen) atoms. The molecule has 0 aliphatic carbocycles. The van der Waals surface area contributed by atoms with Gasteiger partial charge in [0.25, 0.3) is 0 Å². The Morgan fingerprint density at radius 2 is 1.71 bits per heavy atom. The average molecular weight is 380 g/mol. The van der Waals surface area contributed by atoms with E-state index in [-0.39, 0.29) is 11.1 Å². The Morgan fingerprint density at radius 3 is 2.36 bits per heavy atom. The van der Waals surface area contributed by atoms with Crippen LogP contribution in [0.15, 0.2) is 35.3 Å². The molecule has 0 bridgehead atoms. The summed E-state index contributed by atoms with van der Waals surface area (Å²) in [6, 6.07) is 10.0. The lowest BCUT2D eigenvalue weighted by Gasteiger charge is -2.31. The maximum atomic E-state index is 6.24. The lowest BCUT2D eigenvalue weighted by atomic mass is 9.84. The van der Waals surface area contributed by atoms with E-state index >= 15 is 0 Å². The fraction of sp³-hybridized carbons (Fsp3) is 0.435. The van der Waals surface area contributed by atoms with Gasteiger partial charge in [-0.2, -0.15) is 0 Å². The Balaban J connectivity index is 1.82. The summed E-state index contributed by atoms with van der Waals surface area (Å²) in [6.45, 7) is 8.54. The Hall–Kier alpha value is -2.69. The van der Waals surface area contributed by atoms with Crippen LogP contribution in [0.4, 0.5) is 5.69 Å². The molecule has 0 fully saturated rings. The van der Waals surface area contributed by atoms with Crippen molar-refractivity contribution in [2.45, 2.75) is 51.7 Å². The number of aliphatic imine (C=N–C) groups is 1. The summed E-state index contributed by atoms with van der Waals surface area (Å²) >= 11 is 0. The lowest BCUT2D eigenvalue weighted by Crippen LogP contribution is -2.33. The van der Waals surface area contributed by atoms with Crippen LogP contribution in [-0.4, -0.2) is 31.2 Å². The van der Waals surface area contributed by atoms with E-state index in [9.17, 15) is 0 Å². The van der Waals surface area contributed by atoms with E-state index in [0.29, 0.717) is 0 Å². The van der Waals surface area contributed by atoms with E-state index in [1.54, 1.807) is 14.2 Å². The van der Waals surface area contributed by atoms with Crippen LogP contribution in [-0.2, 0) is 12.8 Å². The molecule has 1 N–H and O–H groups in total. The molecular formula is C23H28N2O3. The summed E-state index contributed by atoms with van der Waals surface area (Å²) in [5, 5.41) is 3.54. The minimum absolute atomic E-state index is 0.198. The largest absolute Gasteiger partial charge is 0.497 e. The highest BCUT2D eigenvalue weighted by Crippen LogP contribution is 2.47. The predicted octanol–water partition coefficient (Wildman–Crippen LogP) is 4.61. The minimum atomic E-state index is -0.261. The molecule has 2 aromatic carbocycles. The van der Waals surface area contributed by atoms with Gasteiger partial charge in [-0.1, -0.05) is 0 Å². The number of methoxy groups -OCH3 is 2. The molecule has 148 valence electrons. The normalized spacial score (nSPS) is 18.4. The molecule has 0 amide bonds. The Labute approximate surface area is 166 Å². The molecule has 0 aromatic heterocycles. The molecule has 0 atom stereocenters. The molecule has 5 nitrogen and oxygen atoms in total. The number of fused-ring (bicyclic) bond motifs is 3. The van der Waals surface area contributed by atoms with Gasteiger partial charge >= 0.3 is 0 Å². The number of amidine groups is 1. The van der Waals surface area contributed by atoms with E-state index < -0.39 is 0 Å². The summed E-state index contributed by atoms with van der Waals surface area (Å²) in [4.78, 5) is 5.05. The van der Waals surface area contributed by atoms with Crippen molar-refractivity contribution in [3.63, 3.8) is 0 Å². The first-order valence-electron chi connectivity index (χ1n) is 9.64. The molecule has 4 rings (SSSR count). The number of ether oxygens (including phenoxy) is 3. The second-order valence-electron chi connectivity index (χ2n) is 8.76. The Morgan fingerprint density at radius 1 is 1.00 bits per heavy atom. The van der Waals surface area contributed by atoms with Crippen molar-refractivity contribution in [1.29, 1.82) is 0 Å². The van der Waals surface area contributed by atoms with Gasteiger partial charge in [0.05, 0.1) is 19.8 Å². The van der Waals surface area contributed by atoms with Crippen LogP contribution in [0.1, 0.15) is 44.4 Å². The van der Waals surface area contributed by atoms with Crippen LogP contribution in [0.5, 0.6) is 17.2 Å². The van der Waals surface area contributed by atoms with Crippen molar-refractivity contribution in [3.05, 3.63) is 47.0 Å². The van der Waals surface area contributed by atoms with Gasteiger partial charge < -0.3 is 19.5 Å². The molecule has 5 heteroatoms. The standard InChI is InChI=1S/C23H28N2O3/c1-22(2)12-14-11-18(27-6)20-17(13-23(3,4)28-20)19(14)21(25-22)24-15-7-9-16(26-5)10-8-15/h7-11H,12-13H2,1-6H3,(H,24,25). The number of hydrogen-bond donors (Lipinski definition) is 1. The molecule has 0 radical (unpaired) electrons. The van der Waals surface area contributed by atoms with E-state index in [4.69, 9.17) is 19.2 Å². The highest BCUT2D eigenvalue weighted by Gasteiger charge is 2.39. The molecular weight excluding hydrogens is 352 g/mol. The fourth-order valence-electron chi connectivity index (χ4n) is 4.12. The smallest absolute Gasteiger partial charge is 0.166 e. The van der Waals surface area contributed by atoms with Crippen molar-refractivity contribution in [1.82, 2.24) is 0 Å². The van der Waals surface area contributed by atoms with Gasteiger partial charge in [-0.05, 0) is 70.0 Å². The van der Waals surface area contributed by atoms with Crippen LogP contribution >= 0.6 is 0 Å². The predicted molar refractivity (Wildman–Crippen MR) is 112 cm³/mol.